The van der Waals surface area contributed by atoms with Crippen molar-refractivity contribution in [2.24, 2.45) is 11.1 Å². The van der Waals surface area contributed by atoms with Gasteiger partial charge in [-0.15, -0.1) is 0 Å². The van der Waals surface area contributed by atoms with Crippen molar-refractivity contribution in [1.29, 1.82) is 0 Å². The minimum absolute atomic E-state index is 0.515. The highest BCUT2D eigenvalue weighted by molar-refractivity contribution is 5.03. The van der Waals surface area contributed by atoms with E-state index in [2.05, 4.69) is 23.4 Å². The lowest BCUT2D eigenvalue weighted by molar-refractivity contribution is 0.102. The fourth-order valence-corrected chi connectivity index (χ4v) is 2.23. The van der Waals surface area contributed by atoms with Crippen LogP contribution in [0.3, 0.4) is 0 Å². The zero-order valence-corrected chi connectivity index (χ0v) is 8.33. The number of nitrogens with two attached hydrogens (primary N) is 1. The summed E-state index contributed by atoms with van der Waals surface area (Å²) in [6, 6.07) is 0.635. The molecule has 0 amide bonds. The lowest BCUT2D eigenvalue weighted by Gasteiger charge is -2.43. The van der Waals surface area contributed by atoms with Crippen LogP contribution in [0.1, 0.15) is 38.4 Å². The highest BCUT2D eigenvalue weighted by Crippen LogP contribution is 2.47. The van der Waals surface area contributed by atoms with Gasteiger partial charge in [0.2, 0.25) is 0 Å². The number of rotatable bonds is 2. The minimum Gasteiger partial charge on any atom is -0.330 e. The van der Waals surface area contributed by atoms with Gasteiger partial charge in [0.05, 0.1) is 12.0 Å². The van der Waals surface area contributed by atoms with E-state index in [1.807, 2.05) is 12.5 Å². The van der Waals surface area contributed by atoms with Gasteiger partial charge in [0.1, 0.15) is 0 Å². The van der Waals surface area contributed by atoms with Crippen LogP contribution in [0, 0.1) is 5.41 Å². The molecule has 1 fully saturated rings. The average molecular weight is 179 g/mol. The first kappa shape index (κ1) is 8.75. The summed E-state index contributed by atoms with van der Waals surface area (Å²) in [5, 5.41) is 0. The molecule has 0 saturated heterocycles. The van der Waals surface area contributed by atoms with Crippen LogP contribution in [0.4, 0.5) is 0 Å². The maximum Gasteiger partial charge on any atom is 0.0951 e. The second kappa shape index (κ2) is 2.84. The van der Waals surface area contributed by atoms with Crippen molar-refractivity contribution in [3.8, 4) is 0 Å². The molecule has 3 nitrogen and oxygen atoms in total. The van der Waals surface area contributed by atoms with E-state index in [0.717, 1.165) is 5.69 Å². The third-order valence-corrected chi connectivity index (χ3v) is 2.93. The zero-order chi connectivity index (χ0) is 9.47. The first-order valence-corrected chi connectivity index (χ1v) is 4.83. The summed E-state index contributed by atoms with van der Waals surface area (Å²) in [6.07, 6.45) is 6.26. The van der Waals surface area contributed by atoms with Crippen molar-refractivity contribution < 1.29 is 0 Å². The van der Waals surface area contributed by atoms with E-state index in [4.69, 9.17) is 5.73 Å². The molecular formula is C10H17N3. The number of aromatic nitrogens is 2. The van der Waals surface area contributed by atoms with Crippen molar-refractivity contribution in [2.75, 3.05) is 0 Å². The van der Waals surface area contributed by atoms with E-state index in [1.165, 1.54) is 12.8 Å². The standard InChI is InChI=1S/C10H17N3/c1-10(2)3-8(4-10)13-7-12-6-9(13)5-11/h6-8H,3-5,11H2,1-2H3. The molecule has 1 aromatic rings. The van der Waals surface area contributed by atoms with Gasteiger partial charge in [-0.25, -0.2) is 4.98 Å². The minimum atomic E-state index is 0.515. The highest BCUT2D eigenvalue weighted by atomic mass is 15.1. The summed E-state index contributed by atoms with van der Waals surface area (Å²) in [4.78, 5) is 4.13. The summed E-state index contributed by atoms with van der Waals surface area (Å²) in [5.74, 6) is 0. The molecule has 1 aromatic heterocycles. The van der Waals surface area contributed by atoms with Crippen LogP contribution in [0.25, 0.3) is 0 Å². The molecule has 1 aliphatic rings. The van der Waals surface area contributed by atoms with Crippen LogP contribution in [-0.4, -0.2) is 9.55 Å². The second-order valence-electron chi connectivity index (χ2n) is 4.72. The molecule has 0 radical (unpaired) electrons. The summed E-state index contributed by atoms with van der Waals surface area (Å²) in [5.41, 5.74) is 7.29. The fraction of sp³-hybridized carbons (Fsp3) is 0.700. The van der Waals surface area contributed by atoms with Crippen molar-refractivity contribution in [3.63, 3.8) is 0 Å². The Morgan fingerprint density at radius 1 is 1.62 bits per heavy atom. The molecule has 0 aromatic carbocycles. The zero-order valence-electron chi connectivity index (χ0n) is 8.33. The van der Waals surface area contributed by atoms with Crippen LogP contribution in [0.2, 0.25) is 0 Å². The third kappa shape index (κ3) is 1.48. The molecule has 3 heteroatoms. The van der Waals surface area contributed by atoms with E-state index < -0.39 is 0 Å². The molecule has 2 N–H and O–H groups in total. The van der Waals surface area contributed by atoms with Gasteiger partial charge in [-0.05, 0) is 18.3 Å². The monoisotopic (exact) mass is 179 g/mol. The van der Waals surface area contributed by atoms with E-state index in [9.17, 15) is 0 Å². The summed E-state index contributed by atoms with van der Waals surface area (Å²) in [7, 11) is 0. The van der Waals surface area contributed by atoms with Gasteiger partial charge in [-0.2, -0.15) is 0 Å². The smallest absolute Gasteiger partial charge is 0.0951 e. The predicted molar refractivity (Wildman–Crippen MR) is 52.2 cm³/mol. The van der Waals surface area contributed by atoms with Crippen molar-refractivity contribution >= 4 is 0 Å². The topological polar surface area (TPSA) is 43.8 Å². The predicted octanol–water partition coefficient (Wildman–Crippen LogP) is 1.70. The van der Waals surface area contributed by atoms with E-state index in [1.54, 1.807) is 0 Å². The Hall–Kier alpha value is -0.830. The van der Waals surface area contributed by atoms with Crippen molar-refractivity contribution in [1.82, 2.24) is 9.55 Å². The normalized spacial score (nSPS) is 21.5. The fourth-order valence-electron chi connectivity index (χ4n) is 2.23. The summed E-state index contributed by atoms with van der Waals surface area (Å²) < 4.78 is 2.23. The lowest BCUT2D eigenvalue weighted by atomic mass is 9.68. The molecular weight excluding hydrogens is 162 g/mol. The average Bonchev–Trinajstić information content (AvgIpc) is 2.46. The molecule has 0 atom stereocenters. The summed E-state index contributed by atoms with van der Waals surface area (Å²) >= 11 is 0. The molecule has 1 saturated carbocycles. The molecule has 1 heterocycles. The van der Waals surface area contributed by atoms with Crippen LogP contribution in [-0.2, 0) is 6.54 Å². The van der Waals surface area contributed by atoms with Crippen molar-refractivity contribution in [3.05, 3.63) is 18.2 Å². The van der Waals surface area contributed by atoms with Gasteiger partial charge in [-0.3, -0.25) is 0 Å². The maximum absolute atomic E-state index is 5.62. The molecule has 13 heavy (non-hydrogen) atoms. The quantitative estimate of drug-likeness (QED) is 0.751. The maximum atomic E-state index is 5.62. The van der Waals surface area contributed by atoms with Crippen molar-refractivity contribution in [2.45, 2.75) is 39.3 Å². The van der Waals surface area contributed by atoms with E-state index in [-0.39, 0.29) is 0 Å². The number of nitrogens with zero attached hydrogens (tertiary/aromatic N) is 2. The van der Waals surface area contributed by atoms with Crippen LogP contribution in [0.15, 0.2) is 12.5 Å². The largest absolute Gasteiger partial charge is 0.330 e. The summed E-state index contributed by atoms with van der Waals surface area (Å²) in [6.45, 7) is 5.21. The first-order chi connectivity index (χ1) is 6.12. The molecule has 0 spiro atoms. The molecule has 2 rings (SSSR count). The van der Waals surface area contributed by atoms with E-state index >= 15 is 0 Å². The number of imidazole rings is 1. The van der Waals surface area contributed by atoms with Gasteiger partial charge >= 0.3 is 0 Å². The molecule has 0 bridgehead atoms. The SMILES string of the molecule is CC1(C)CC(n2cncc2CN)C1. The molecule has 1 aliphatic carbocycles. The first-order valence-electron chi connectivity index (χ1n) is 4.83. The molecule has 0 unspecified atom stereocenters. The number of hydrogen-bond acceptors (Lipinski definition) is 2. The van der Waals surface area contributed by atoms with Crippen LogP contribution < -0.4 is 5.73 Å². The second-order valence-corrected chi connectivity index (χ2v) is 4.72. The third-order valence-electron chi connectivity index (χ3n) is 2.93. The lowest BCUT2D eigenvalue weighted by Crippen LogP contribution is -2.34. The number of hydrogen-bond donors (Lipinski definition) is 1. The van der Waals surface area contributed by atoms with E-state index in [0.29, 0.717) is 18.0 Å². The van der Waals surface area contributed by atoms with Gasteiger partial charge < -0.3 is 10.3 Å². The molecule has 72 valence electrons. The Labute approximate surface area is 79.0 Å². The van der Waals surface area contributed by atoms with Gasteiger partial charge in [0.25, 0.3) is 0 Å². The molecule has 0 aliphatic heterocycles. The van der Waals surface area contributed by atoms with Gasteiger partial charge in [0.15, 0.2) is 0 Å². The van der Waals surface area contributed by atoms with Crippen LogP contribution in [0.5, 0.6) is 0 Å². The van der Waals surface area contributed by atoms with Gasteiger partial charge in [-0.1, -0.05) is 13.8 Å². The Morgan fingerprint density at radius 2 is 2.31 bits per heavy atom. The Balaban J connectivity index is 2.11. The van der Waals surface area contributed by atoms with Gasteiger partial charge in [0, 0.05) is 18.8 Å². The Kier molecular flexibility index (Phi) is 1.91. The van der Waals surface area contributed by atoms with Crippen LogP contribution >= 0.6 is 0 Å². The Bertz CT molecular complexity index is 293. The Morgan fingerprint density at radius 3 is 2.85 bits per heavy atom. The highest BCUT2D eigenvalue weighted by Gasteiger charge is 2.37.